The van der Waals surface area contributed by atoms with Crippen LogP contribution in [0, 0.1) is 13.8 Å². The molecule has 98 valence electrons. The van der Waals surface area contributed by atoms with Crippen molar-refractivity contribution in [2.45, 2.75) is 24.6 Å². The maximum Gasteiger partial charge on any atom is 0.338 e. The Kier molecular flexibility index (Phi) is 4.16. The Labute approximate surface area is 115 Å². The molecule has 2 aromatic heterocycles. The second-order valence-corrected chi connectivity index (χ2v) is 5.14. The van der Waals surface area contributed by atoms with Crippen molar-refractivity contribution in [3.63, 3.8) is 0 Å². The molecule has 19 heavy (non-hydrogen) atoms. The highest BCUT2D eigenvalue weighted by Crippen LogP contribution is 2.26. The van der Waals surface area contributed by atoms with E-state index in [1.807, 2.05) is 25.1 Å². The van der Waals surface area contributed by atoms with Crippen LogP contribution in [-0.2, 0) is 5.75 Å². The third-order valence-electron chi connectivity index (χ3n) is 2.61. The normalized spacial score (nSPS) is 10.4. The molecule has 0 radical (unpaired) electrons. The standard InChI is InChI=1S/C14H14N2O2S/c1-9-7-10(2)16-13(12(9)14(17)18)19-8-11-5-3-4-6-15-11/h3-7H,8H2,1-2H3,(H,17,18). The van der Waals surface area contributed by atoms with Gasteiger partial charge in [0.2, 0.25) is 0 Å². The number of aromatic carboxylic acids is 1. The van der Waals surface area contributed by atoms with Gasteiger partial charge in [-0.25, -0.2) is 9.78 Å². The van der Waals surface area contributed by atoms with Crippen LogP contribution in [0.3, 0.4) is 0 Å². The summed E-state index contributed by atoms with van der Waals surface area (Å²) in [5, 5.41) is 9.82. The van der Waals surface area contributed by atoms with E-state index in [1.54, 1.807) is 19.2 Å². The number of rotatable bonds is 4. The molecule has 0 spiro atoms. The van der Waals surface area contributed by atoms with Gasteiger partial charge in [-0.15, -0.1) is 0 Å². The predicted molar refractivity (Wildman–Crippen MR) is 74.5 cm³/mol. The van der Waals surface area contributed by atoms with E-state index < -0.39 is 5.97 Å². The van der Waals surface area contributed by atoms with Gasteiger partial charge in [-0.1, -0.05) is 17.8 Å². The van der Waals surface area contributed by atoms with E-state index in [0.29, 0.717) is 10.8 Å². The Morgan fingerprint density at radius 2 is 2.16 bits per heavy atom. The molecular formula is C14H14N2O2S. The van der Waals surface area contributed by atoms with Crippen LogP contribution in [0.5, 0.6) is 0 Å². The second kappa shape index (κ2) is 5.84. The maximum absolute atomic E-state index is 11.3. The van der Waals surface area contributed by atoms with Gasteiger partial charge in [0.25, 0.3) is 0 Å². The zero-order valence-corrected chi connectivity index (χ0v) is 11.6. The number of thioether (sulfide) groups is 1. The average molecular weight is 274 g/mol. The number of carboxylic acid groups (broad SMARTS) is 1. The Morgan fingerprint density at radius 3 is 2.79 bits per heavy atom. The van der Waals surface area contributed by atoms with Crippen molar-refractivity contribution in [3.05, 3.63) is 53.0 Å². The number of aromatic nitrogens is 2. The average Bonchev–Trinajstić information content (AvgIpc) is 2.36. The largest absolute Gasteiger partial charge is 0.478 e. The lowest BCUT2D eigenvalue weighted by molar-refractivity contribution is 0.0691. The highest BCUT2D eigenvalue weighted by molar-refractivity contribution is 7.98. The molecule has 0 saturated heterocycles. The zero-order chi connectivity index (χ0) is 13.8. The molecule has 0 fully saturated rings. The molecule has 0 aliphatic rings. The Bertz CT molecular complexity index is 600. The van der Waals surface area contributed by atoms with E-state index in [2.05, 4.69) is 9.97 Å². The highest BCUT2D eigenvalue weighted by Gasteiger charge is 2.16. The molecule has 0 aromatic carbocycles. The quantitative estimate of drug-likeness (QED) is 0.868. The zero-order valence-electron chi connectivity index (χ0n) is 10.8. The van der Waals surface area contributed by atoms with Gasteiger partial charge in [0.05, 0.1) is 11.3 Å². The van der Waals surface area contributed by atoms with E-state index in [-0.39, 0.29) is 5.56 Å². The summed E-state index contributed by atoms with van der Waals surface area (Å²) in [5.41, 5.74) is 2.76. The fraction of sp³-hybridized carbons (Fsp3) is 0.214. The first-order valence-electron chi connectivity index (χ1n) is 5.82. The highest BCUT2D eigenvalue weighted by atomic mass is 32.2. The fourth-order valence-corrected chi connectivity index (χ4v) is 2.85. The van der Waals surface area contributed by atoms with Crippen molar-refractivity contribution in [3.8, 4) is 0 Å². The molecule has 0 bridgehead atoms. The van der Waals surface area contributed by atoms with E-state index >= 15 is 0 Å². The Hall–Kier alpha value is -1.88. The topological polar surface area (TPSA) is 63.1 Å². The van der Waals surface area contributed by atoms with Gasteiger partial charge < -0.3 is 5.11 Å². The van der Waals surface area contributed by atoms with Crippen molar-refractivity contribution in [1.82, 2.24) is 9.97 Å². The Balaban J connectivity index is 2.27. The molecule has 0 atom stereocenters. The number of hydrogen-bond acceptors (Lipinski definition) is 4. The van der Waals surface area contributed by atoms with Gasteiger partial charge in [-0.3, -0.25) is 4.98 Å². The van der Waals surface area contributed by atoms with E-state index in [9.17, 15) is 9.90 Å². The van der Waals surface area contributed by atoms with E-state index in [0.717, 1.165) is 17.0 Å². The molecule has 2 heterocycles. The molecule has 4 nitrogen and oxygen atoms in total. The van der Waals surface area contributed by atoms with Gasteiger partial charge in [-0.05, 0) is 37.6 Å². The molecular weight excluding hydrogens is 260 g/mol. The molecule has 0 saturated carbocycles. The van der Waals surface area contributed by atoms with Crippen molar-refractivity contribution < 1.29 is 9.90 Å². The number of aryl methyl sites for hydroxylation is 2. The van der Waals surface area contributed by atoms with Gasteiger partial charge in [-0.2, -0.15) is 0 Å². The minimum atomic E-state index is -0.937. The van der Waals surface area contributed by atoms with Gasteiger partial charge >= 0.3 is 5.97 Å². The minimum Gasteiger partial charge on any atom is -0.478 e. The molecule has 0 aliphatic heterocycles. The van der Waals surface area contributed by atoms with Gasteiger partial charge in [0.15, 0.2) is 0 Å². The lowest BCUT2D eigenvalue weighted by Crippen LogP contribution is -2.05. The number of carbonyl (C=O) groups is 1. The first-order chi connectivity index (χ1) is 9.08. The fourth-order valence-electron chi connectivity index (χ4n) is 1.79. The number of pyridine rings is 2. The van der Waals surface area contributed by atoms with Crippen LogP contribution in [-0.4, -0.2) is 21.0 Å². The third kappa shape index (κ3) is 3.32. The van der Waals surface area contributed by atoms with Crippen LogP contribution < -0.4 is 0 Å². The predicted octanol–water partition coefficient (Wildman–Crippen LogP) is 3.08. The number of hydrogen-bond donors (Lipinski definition) is 1. The molecule has 0 aliphatic carbocycles. The monoisotopic (exact) mass is 274 g/mol. The van der Waals surface area contributed by atoms with E-state index in [4.69, 9.17) is 0 Å². The summed E-state index contributed by atoms with van der Waals surface area (Å²) in [7, 11) is 0. The second-order valence-electron chi connectivity index (χ2n) is 4.18. The summed E-state index contributed by atoms with van der Waals surface area (Å²) in [6.45, 7) is 3.66. The van der Waals surface area contributed by atoms with Crippen LogP contribution >= 0.6 is 11.8 Å². The van der Waals surface area contributed by atoms with Gasteiger partial charge in [0.1, 0.15) is 5.03 Å². The summed E-state index contributed by atoms with van der Waals surface area (Å²) < 4.78 is 0. The van der Waals surface area contributed by atoms with Crippen LogP contribution in [0.4, 0.5) is 0 Å². The number of carboxylic acids is 1. The smallest absolute Gasteiger partial charge is 0.338 e. The summed E-state index contributed by atoms with van der Waals surface area (Å²) in [5.74, 6) is -0.328. The van der Waals surface area contributed by atoms with Crippen molar-refractivity contribution in [2.24, 2.45) is 0 Å². The molecule has 1 N–H and O–H groups in total. The molecule has 2 aromatic rings. The number of nitrogens with zero attached hydrogens (tertiary/aromatic N) is 2. The lowest BCUT2D eigenvalue weighted by Gasteiger charge is -2.09. The Morgan fingerprint density at radius 1 is 1.37 bits per heavy atom. The summed E-state index contributed by atoms with van der Waals surface area (Å²) in [6.07, 6.45) is 1.73. The first kappa shape index (κ1) is 13.5. The van der Waals surface area contributed by atoms with Crippen LogP contribution in [0.2, 0.25) is 0 Å². The first-order valence-corrected chi connectivity index (χ1v) is 6.80. The van der Waals surface area contributed by atoms with E-state index in [1.165, 1.54) is 11.8 Å². The van der Waals surface area contributed by atoms with Crippen molar-refractivity contribution in [2.75, 3.05) is 0 Å². The summed E-state index contributed by atoms with van der Waals surface area (Å²) in [4.78, 5) is 19.8. The molecule has 0 unspecified atom stereocenters. The molecule has 2 rings (SSSR count). The van der Waals surface area contributed by atoms with Crippen LogP contribution in [0.15, 0.2) is 35.5 Å². The SMILES string of the molecule is Cc1cc(C)c(C(=O)O)c(SCc2ccccn2)n1. The summed E-state index contributed by atoms with van der Waals surface area (Å²) in [6, 6.07) is 7.46. The lowest BCUT2D eigenvalue weighted by atomic mass is 10.1. The summed E-state index contributed by atoms with van der Waals surface area (Å²) >= 11 is 1.40. The minimum absolute atomic E-state index is 0.284. The van der Waals surface area contributed by atoms with Crippen molar-refractivity contribution in [1.29, 1.82) is 0 Å². The molecule has 0 amide bonds. The van der Waals surface area contributed by atoms with Crippen LogP contribution in [0.25, 0.3) is 0 Å². The van der Waals surface area contributed by atoms with Gasteiger partial charge in [0, 0.05) is 17.6 Å². The molecule has 5 heteroatoms. The maximum atomic E-state index is 11.3. The third-order valence-corrected chi connectivity index (χ3v) is 3.62. The van der Waals surface area contributed by atoms with Crippen LogP contribution in [0.1, 0.15) is 27.3 Å². The van der Waals surface area contributed by atoms with Crippen molar-refractivity contribution >= 4 is 17.7 Å².